The smallest absolute Gasteiger partial charge is 0.283 e. The van der Waals surface area contributed by atoms with E-state index in [-0.39, 0.29) is 10.5 Å². The van der Waals surface area contributed by atoms with Gasteiger partial charge in [-0.3, -0.25) is 22.9 Å². The lowest BCUT2D eigenvalue weighted by Crippen LogP contribution is -2.39. The summed E-state index contributed by atoms with van der Waals surface area (Å²) in [5, 5.41) is 5.18. The van der Waals surface area contributed by atoms with Crippen LogP contribution in [0, 0.1) is 12.8 Å². The van der Waals surface area contributed by atoms with E-state index >= 15 is 0 Å². The molecule has 0 unspecified atom stereocenters. The van der Waals surface area contributed by atoms with Crippen LogP contribution < -0.4 is 16.4 Å². The molecule has 0 aliphatic carbocycles. The van der Waals surface area contributed by atoms with E-state index < -0.39 is 15.7 Å². The Bertz CT molecular complexity index is 1540. The Kier molecular flexibility index (Phi) is 4.90. The molecule has 0 radical (unpaired) electrons. The Balaban J connectivity index is 1.98. The first kappa shape index (κ1) is 21.1. The molecular formula is C20H24N6O4S. The zero-order valence-corrected chi connectivity index (χ0v) is 18.5. The molecule has 1 aromatic carbocycles. The number of imidazole rings is 2. The molecule has 0 spiro atoms. The van der Waals surface area contributed by atoms with Crippen LogP contribution in [0.25, 0.3) is 22.6 Å². The maximum absolute atomic E-state index is 13.2. The highest BCUT2D eigenvalue weighted by Crippen LogP contribution is 2.22. The normalized spacial score (nSPS) is 12.5. The Labute approximate surface area is 178 Å². The van der Waals surface area contributed by atoms with Crippen molar-refractivity contribution in [2.24, 2.45) is 18.1 Å². The fourth-order valence-corrected chi connectivity index (χ4v) is 4.21. The lowest BCUT2D eigenvalue weighted by Gasteiger charge is -2.09. The Hall–Kier alpha value is -3.18. The number of nitrogens with zero attached hydrogens (tertiary/aromatic N) is 5. The van der Waals surface area contributed by atoms with Crippen molar-refractivity contribution in [2.45, 2.75) is 38.6 Å². The van der Waals surface area contributed by atoms with E-state index in [1.165, 1.54) is 21.3 Å². The number of hydrogen-bond acceptors (Lipinski definition) is 5. The van der Waals surface area contributed by atoms with Crippen LogP contribution in [0.5, 0.6) is 0 Å². The number of aromatic nitrogens is 5. The SMILES string of the molecule is Cc1cn2c3c(=O)n(CCC(C)C)c(=O)n(C)c3nc2n1-c1ccc(S(N)(=O)=O)cc1. The molecule has 2 N–H and O–H groups in total. The maximum atomic E-state index is 13.2. The highest BCUT2D eigenvalue weighted by molar-refractivity contribution is 7.89. The van der Waals surface area contributed by atoms with Crippen molar-refractivity contribution in [3.8, 4) is 5.69 Å². The molecule has 0 aliphatic rings. The first-order chi connectivity index (χ1) is 14.5. The summed E-state index contributed by atoms with van der Waals surface area (Å²) in [6, 6.07) is 6.06. The first-order valence-electron chi connectivity index (χ1n) is 9.84. The summed E-state index contributed by atoms with van der Waals surface area (Å²) in [7, 11) is -2.21. The van der Waals surface area contributed by atoms with Gasteiger partial charge in [0.15, 0.2) is 11.2 Å². The van der Waals surface area contributed by atoms with Gasteiger partial charge in [-0.1, -0.05) is 13.8 Å². The fraction of sp³-hybridized carbons (Fsp3) is 0.350. The third-order valence-electron chi connectivity index (χ3n) is 5.38. The molecule has 4 rings (SSSR count). The molecule has 0 saturated heterocycles. The van der Waals surface area contributed by atoms with Crippen LogP contribution >= 0.6 is 0 Å². The molecule has 3 heterocycles. The van der Waals surface area contributed by atoms with Crippen LogP contribution in [0.1, 0.15) is 26.0 Å². The zero-order valence-electron chi connectivity index (χ0n) is 17.7. The van der Waals surface area contributed by atoms with Gasteiger partial charge < -0.3 is 0 Å². The van der Waals surface area contributed by atoms with Crippen molar-refractivity contribution >= 4 is 27.0 Å². The van der Waals surface area contributed by atoms with Gasteiger partial charge in [-0.25, -0.2) is 18.4 Å². The van der Waals surface area contributed by atoms with Crippen molar-refractivity contribution < 1.29 is 8.42 Å². The Morgan fingerprint density at radius 3 is 2.35 bits per heavy atom. The van der Waals surface area contributed by atoms with Gasteiger partial charge in [0.25, 0.3) is 5.56 Å². The topological polar surface area (TPSA) is 126 Å². The van der Waals surface area contributed by atoms with Gasteiger partial charge in [0, 0.05) is 31.2 Å². The van der Waals surface area contributed by atoms with Crippen LogP contribution in [0.15, 0.2) is 44.9 Å². The lowest BCUT2D eigenvalue weighted by molar-refractivity contribution is 0.488. The molecule has 0 saturated carbocycles. The summed E-state index contributed by atoms with van der Waals surface area (Å²) < 4.78 is 29.2. The van der Waals surface area contributed by atoms with Crippen LogP contribution in [0.3, 0.4) is 0 Å². The van der Waals surface area contributed by atoms with Crippen molar-refractivity contribution in [3.63, 3.8) is 0 Å². The van der Waals surface area contributed by atoms with Crippen molar-refractivity contribution in [3.05, 3.63) is 57.0 Å². The van der Waals surface area contributed by atoms with Crippen molar-refractivity contribution in [1.29, 1.82) is 0 Å². The summed E-state index contributed by atoms with van der Waals surface area (Å²) in [4.78, 5) is 30.5. The number of fused-ring (bicyclic) bond motifs is 3. The van der Waals surface area contributed by atoms with Gasteiger partial charge >= 0.3 is 5.69 Å². The van der Waals surface area contributed by atoms with E-state index in [0.29, 0.717) is 41.5 Å². The Morgan fingerprint density at radius 1 is 1.13 bits per heavy atom. The van der Waals surface area contributed by atoms with Gasteiger partial charge in [-0.05, 0) is 43.5 Å². The van der Waals surface area contributed by atoms with E-state index in [9.17, 15) is 18.0 Å². The molecule has 164 valence electrons. The number of primary sulfonamides is 1. The van der Waals surface area contributed by atoms with Crippen LogP contribution in [-0.2, 0) is 23.6 Å². The summed E-state index contributed by atoms with van der Waals surface area (Å²) in [6.45, 7) is 6.26. The minimum absolute atomic E-state index is 0.000943. The molecular weight excluding hydrogens is 420 g/mol. The molecule has 0 fully saturated rings. The molecule has 0 bridgehead atoms. The molecule has 0 aliphatic heterocycles. The minimum atomic E-state index is -3.81. The molecule has 0 atom stereocenters. The standard InChI is InChI=1S/C20H24N6O4S/c1-12(2)9-10-24-18(27)16-17(23(4)20(24)28)22-19-25(16)11-13(3)26(19)14-5-7-15(8-6-14)31(21,29)30/h5-8,11-12H,9-10H2,1-4H3,(H2,21,29,30). The van der Waals surface area contributed by atoms with E-state index in [1.807, 2.05) is 20.8 Å². The number of nitrogens with two attached hydrogens (primary N) is 1. The highest BCUT2D eigenvalue weighted by atomic mass is 32.2. The Morgan fingerprint density at radius 2 is 1.77 bits per heavy atom. The van der Waals surface area contributed by atoms with Gasteiger partial charge in [-0.15, -0.1) is 0 Å². The van der Waals surface area contributed by atoms with E-state index in [0.717, 1.165) is 5.69 Å². The summed E-state index contributed by atoms with van der Waals surface area (Å²) in [6.07, 6.45) is 2.48. The summed E-state index contributed by atoms with van der Waals surface area (Å²) >= 11 is 0. The van der Waals surface area contributed by atoms with Gasteiger partial charge in [0.05, 0.1) is 4.90 Å². The number of rotatable bonds is 5. The van der Waals surface area contributed by atoms with Gasteiger partial charge in [-0.2, -0.15) is 4.98 Å². The maximum Gasteiger partial charge on any atom is 0.332 e. The molecule has 0 amide bonds. The molecule has 31 heavy (non-hydrogen) atoms. The summed E-state index contributed by atoms with van der Waals surface area (Å²) in [5.74, 6) is 0.797. The number of hydrogen-bond donors (Lipinski definition) is 1. The highest BCUT2D eigenvalue weighted by Gasteiger charge is 2.21. The number of aryl methyl sites for hydroxylation is 2. The lowest BCUT2D eigenvalue weighted by atomic mass is 10.1. The quantitative estimate of drug-likeness (QED) is 0.494. The predicted octanol–water partition coefficient (Wildman–Crippen LogP) is 1.14. The van der Waals surface area contributed by atoms with Crippen LogP contribution in [0.4, 0.5) is 0 Å². The zero-order chi connectivity index (χ0) is 22.7. The number of benzene rings is 1. The van der Waals surface area contributed by atoms with Crippen molar-refractivity contribution in [2.75, 3.05) is 0 Å². The second-order valence-corrected chi connectivity index (χ2v) is 9.64. The van der Waals surface area contributed by atoms with Crippen molar-refractivity contribution in [1.82, 2.24) is 23.1 Å². The second kappa shape index (κ2) is 7.20. The molecule has 3 aromatic heterocycles. The van der Waals surface area contributed by atoms with Crippen LogP contribution in [0.2, 0.25) is 0 Å². The molecule has 10 nitrogen and oxygen atoms in total. The molecule has 11 heteroatoms. The average Bonchev–Trinajstić information content (AvgIpc) is 3.20. The molecule has 4 aromatic rings. The second-order valence-electron chi connectivity index (χ2n) is 8.08. The average molecular weight is 445 g/mol. The minimum Gasteiger partial charge on any atom is -0.283 e. The van der Waals surface area contributed by atoms with E-state index in [2.05, 4.69) is 4.98 Å². The van der Waals surface area contributed by atoms with Gasteiger partial charge in [0.1, 0.15) is 0 Å². The third kappa shape index (κ3) is 3.39. The third-order valence-corrected chi connectivity index (χ3v) is 6.31. The van der Waals surface area contributed by atoms with Crippen LogP contribution in [-0.4, -0.2) is 31.5 Å². The first-order valence-corrected chi connectivity index (χ1v) is 11.4. The summed E-state index contributed by atoms with van der Waals surface area (Å²) in [5.41, 5.74) is 1.27. The predicted molar refractivity (Wildman–Crippen MR) is 117 cm³/mol. The number of sulfonamides is 1. The van der Waals surface area contributed by atoms with E-state index in [4.69, 9.17) is 5.14 Å². The monoisotopic (exact) mass is 444 g/mol. The largest absolute Gasteiger partial charge is 0.332 e. The van der Waals surface area contributed by atoms with E-state index in [1.54, 1.807) is 34.3 Å². The fourth-order valence-electron chi connectivity index (χ4n) is 3.70. The van der Waals surface area contributed by atoms with Gasteiger partial charge in [0.2, 0.25) is 15.8 Å².